The Labute approximate surface area is 153 Å². The fourth-order valence-electron chi connectivity index (χ4n) is 3.42. The lowest BCUT2D eigenvalue weighted by molar-refractivity contribution is -0.133. The molecule has 2 amide bonds. The van der Waals surface area contributed by atoms with Gasteiger partial charge < -0.3 is 14.6 Å². The van der Waals surface area contributed by atoms with Crippen LogP contribution in [0.25, 0.3) is 0 Å². The van der Waals surface area contributed by atoms with Crippen molar-refractivity contribution in [1.29, 1.82) is 0 Å². The molecule has 2 fully saturated rings. The van der Waals surface area contributed by atoms with Crippen molar-refractivity contribution in [3.8, 4) is 0 Å². The minimum absolute atomic E-state index is 0.0570. The average molecular weight is 361 g/mol. The zero-order valence-electron chi connectivity index (χ0n) is 15.3. The highest BCUT2D eigenvalue weighted by molar-refractivity contribution is 6.05. The molecule has 142 valence electrons. The summed E-state index contributed by atoms with van der Waals surface area (Å²) in [4.78, 5) is 40.1. The highest BCUT2D eigenvalue weighted by Gasteiger charge is 2.41. The fourth-order valence-corrected chi connectivity index (χ4v) is 3.42. The summed E-state index contributed by atoms with van der Waals surface area (Å²) in [5.41, 5.74) is -0.261. The lowest BCUT2D eigenvalue weighted by Crippen LogP contribution is -2.48. The number of rotatable bonds is 7. The van der Waals surface area contributed by atoms with E-state index < -0.39 is 5.91 Å². The molecule has 3 rings (SSSR count). The van der Waals surface area contributed by atoms with Gasteiger partial charge in [-0.1, -0.05) is 0 Å². The molecule has 2 heterocycles. The zero-order valence-corrected chi connectivity index (χ0v) is 15.3. The molecule has 1 unspecified atom stereocenters. The summed E-state index contributed by atoms with van der Waals surface area (Å²) in [7, 11) is 1.61. The van der Waals surface area contributed by atoms with Crippen molar-refractivity contribution in [3.63, 3.8) is 0 Å². The van der Waals surface area contributed by atoms with Gasteiger partial charge in [-0.3, -0.25) is 19.3 Å². The maximum Gasteiger partial charge on any atom is 0.266 e. The predicted octanol–water partition coefficient (Wildman–Crippen LogP) is 1.02. The second kappa shape index (κ2) is 8.60. The minimum atomic E-state index is -0.450. The molecule has 0 aromatic carbocycles. The summed E-state index contributed by atoms with van der Waals surface area (Å²) >= 11 is 0. The number of ether oxygens (including phenoxy) is 1. The van der Waals surface area contributed by atoms with E-state index in [1.165, 1.54) is 15.5 Å². The molecule has 1 saturated carbocycles. The van der Waals surface area contributed by atoms with E-state index in [1.807, 2.05) is 0 Å². The summed E-state index contributed by atoms with van der Waals surface area (Å²) in [5.74, 6) is -0.769. The Hall–Kier alpha value is -1.99. The van der Waals surface area contributed by atoms with Crippen molar-refractivity contribution in [3.05, 3.63) is 34.2 Å². The Morgan fingerprint density at radius 1 is 1.35 bits per heavy atom. The Bertz CT molecular complexity index is 705. The van der Waals surface area contributed by atoms with Crippen LogP contribution in [0.3, 0.4) is 0 Å². The Morgan fingerprint density at radius 2 is 2.15 bits per heavy atom. The van der Waals surface area contributed by atoms with Gasteiger partial charge in [-0.15, -0.1) is 0 Å². The monoisotopic (exact) mass is 361 g/mol. The molecule has 0 radical (unpaired) electrons. The molecular formula is C19H27N3O4. The lowest BCUT2D eigenvalue weighted by atomic mass is 9.97. The Kier molecular flexibility index (Phi) is 6.21. The molecule has 26 heavy (non-hydrogen) atoms. The first-order valence-electron chi connectivity index (χ1n) is 9.40. The highest BCUT2D eigenvalue weighted by Crippen LogP contribution is 2.30. The Morgan fingerprint density at radius 3 is 2.81 bits per heavy atom. The number of pyridine rings is 1. The van der Waals surface area contributed by atoms with E-state index in [9.17, 15) is 14.4 Å². The van der Waals surface area contributed by atoms with Crippen molar-refractivity contribution < 1.29 is 14.3 Å². The number of carbonyl (C=O) groups is 2. The van der Waals surface area contributed by atoms with E-state index in [2.05, 4.69) is 5.32 Å². The Balaban J connectivity index is 1.80. The van der Waals surface area contributed by atoms with Gasteiger partial charge in [-0.2, -0.15) is 0 Å². The number of hydrogen-bond donors (Lipinski definition) is 1. The smallest absolute Gasteiger partial charge is 0.266 e. The molecule has 1 aliphatic heterocycles. The number of carbonyl (C=O) groups excluding carboxylic acids is 2. The molecule has 1 N–H and O–H groups in total. The van der Waals surface area contributed by atoms with Gasteiger partial charge in [-0.05, 0) is 50.8 Å². The van der Waals surface area contributed by atoms with E-state index >= 15 is 0 Å². The number of aromatic nitrogens is 1. The first-order valence-corrected chi connectivity index (χ1v) is 9.40. The molecule has 1 atom stereocenters. The zero-order chi connectivity index (χ0) is 18.5. The molecule has 1 aromatic rings. The van der Waals surface area contributed by atoms with Crippen molar-refractivity contribution in [2.75, 3.05) is 26.8 Å². The van der Waals surface area contributed by atoms with Crippen LogP contribution in [0.1, 0.15) is 42.5 Å². The lowest BCUT2D eigenvalue weighted by Gasteiger charge is -2.28. The molecule has 1 aromatic heterocycles. The van der Waals surface area contributed by atoms with Gasteiger partial charge >= 0.3 is 0 Å². The first kappa shape index (κ1) is 18.8. The van der Waals surface area contributed by atoms with Crippen LogP contribution in [0.15, 0.2) is 23.1 Å². The molecular weight excluding hydrogens is 334 g/mol. The van der Waals surface area contributed by atoms with Crippen molar-refractivity contribution in [2.45, 2.75) is 44.7 Å². The summed E-state index contributed by atoms with van der Waals surface area (Å²) in [6, 6.07) is 3.16. The maximum atomic E-state index is 13.1. The second-order valence-corrected chi connectivity index (χ2v) is 7.05. The minimum Gasteiger partial charge on any atom is -0.385 e. The topological polar surface area (TPSA) is 80.6 Å². The van der Waals surface area contributed by atoms with Gasteiger partial charge in [-0.25, -0.2) is 0 Å². The molecule has 2 aliphatic rings. The third kappa shape index (κ3) is 4.22. The highest BCUT2D eigenvalue weighted by atomic mass is 16.5. The number of piperidine rings is 1. The molecule has 0 bridgehead atoms. The van der Waals surface area contributed by atoms with Gasteiger partial charge in [0.2, 0.25) is 5.91 Å². The van der Waals surface area contributed by atoms with Crippen LogP contribution >= 0.6 is 0 Å². The largest absolute Gasteiger partial charge is 0.385 e. The van der Waals surface area contributed by atoms with Crippen LogP contribution in [0.2, 0.25) is 0 Å². The number of nitrogens with one attached hydrogen (secondary N) is 1. The third-order valence-electron chi connectivity index (χ3n) is 5.01. The normalized spacial score (nSPS) is 20.0. The van der Waals surface area contributed by atoms with E-state index in [4.69, 9.17) is 4.74 Å². The van der Waals surface area contributed by atoms with Crippen LogP contribution < -0.4 is 10.9 Å². The maximum absolute atomic E-state index is 13.1. The number of imide groups is 1. The molecule has 0 spiro atoms. The van der Waals surface area contributed by atoms with E-state index in [-0.39, 0.29) is 29.0 Å². The first-order chi connectivity index (χ1) is 12.6. The quantitative estimate of drug-likeness (QED) is 0.579. The number of methoxy groups -OCH3 is 1. The van der Waals surface area contributed by atoms with Gasteiger partial charge in [0.15, 0.2) is 0 Å². The van der Waals surface area contributed by atoms with Gasteiger partial charge in [0, 0.05) is 39.0 Å². The van der Waals surface area contributed by atoms with Crippen molar-refractivity contribution in [2.24, 2.45) is 5.92 Å². The summed E-state index contributed by atoms with van der Waals surface area (Å²) in [6.45, 7) is 2.54. The van der Waals surface area contributed by atoms with Crippen LogP contribution in [0.5, 0.6) is 0 Å². The number of amides is 2. The molecule has 7 nitrogen and oxygen atoms in total. The molecule has 1 aliphatic carbocycles. The SMILES string of the molecule is COCCCn1cccc(C(=O)N(C(=O)C2CCCNC2)C2CC2)c1=O. The van der Waals surface area contributed by atoms with Crippen LogP contribution in [-0.4, -0.2) is 54.1 Å². The predicted molar refractivity (Wildman–Crippen MR) is 97.0 cm³/mol. The van der Waals surface area contributed by atoms with Gasteiger partial charge in [0.05, 0.1) is 5.92 Å². The second-order valence-electron chi connectivity index (χ2n) is 7.05. The van der Waals surface area contributed by atoms with E-state index in [0.29, 0.717) is 26.1 Å². The molecule has 7 heteroatoms. The summed E-state index contributed by atoms with van der Waals surface area (Å²) < 4.78 is 6.53. The average Bonchev–Trinajstić information content (AvgIpc) is 3.49. The summed E-state index contributed by atoms with van der Waals surface area (Å²) in [6.07, 6.45) is 5.73. The van der Waals surface area contributed by atoms with Gasteiger partial charge in [0.25, 0.3) is 11.5 Å². The fraction of sp³-hybridized carbons (Fsp3) is 0.632. The third-order valence-corrected chi connectivity index (χ3v) is 5.01. The number of hydrogen-bond acceptors (Lipinski definition) is 5. The summed E-state index contributed by atoms with van der Waals surface area (Å²) in [5, 5.41) is 3.22. The number of aryl methyl sites for hydroxylation is 1. The van der Waals surface area contributed by atoms with Crippen LogP contribution in [0.4, 0.5) is 0 Å². The van der Waals surface area contributed by atoms with E-state index in [0.717, 1.165) is 32.2 Å². The van der Waals surface area contributed by atoms with Crippen molar-refractivity contribution in [1.82, 2.24) is 14.8 Å². The number of nitrogens with zero attached hydrogens (tertiary/aromatic N) is 2. The van der Waals surface area contributed by atoms with Crippen molar-refractivity contribution >= 4 is 11.8 Å². The van der Waals surface area contributed by atoms with Crippen LogP contribution in [0, 0.1) is 5.92 Å². The standard InChI is InChI=1S/C19H27N3O4/c1-26-12-4-11-21-10-3-6-16(18(21)24)19(25)22(15-7-8-15)17(23)14-5-2-9-20-13-14/h3,6,10,14-15,20H,2,4-5,7-9,11-13H2,1H3. The van der Waals surface area contributed by atoms with Crippen LogP contribution in [-0.2, 0) is 16.1 Å². The van der Waals surface area contributed by atoms with E-state index in [1.54, 1.807) is 19.4 Å². The molecule has 1 saturated heterocycles. The van der Waals surface area contributed by atoms with Gasteiger partial charge in [0.1, 0.15) is 5.56 Å².